The van der Waals surface area contributed by atoms with Crippen LogP contribution >= 0.6 is 0 Å². The van der Waals surface area contributed by atoms with Gasteiger partial charge in [0.05, 0.1) is 11.4 Å². The Kier molecular flexibility index (Phi) is 6.56. The second kappa shape index (κ2) is 8.49. The van der Waals surface area contributed by atoms with Gasteiger partial charge in [-0.05, 0) is 68.4 Å². The molecule has 0 unspecified atom stereocenters. The van der Waals surface area contributed by atoms with Crippen molar-refractivity contribution in [2.24, 2.45) is 0 Å². The number of nitrogens with zero attached hydrogens (tertiary/aromatic N) is 1. The molecule has 0 atom stereocenters. The first-order valence-corrected chi connectivity index (χ1v) is 9.82. The maximum atomic E-state index is 12.9. The predicted molar refractivity (Wildman–Crippen MR) is 101 cm³/mol. The van der Waals surface area contributed by atoms with Crippen molar-refractivity contribution < 1.29 is 22.3 Å². The Morgan fingerprint density at radius 3 is 2.41 bits per heavy atom. The number of benzene rings is 2. The third-order valence-electron chi connectivity index (χ3n) is 4.28. The Hall–Kier alpha value is -2.45. The lowest BCUT2D eigenvalue weighted by atomic mass is 10.1. The number of carbonyl (C=O) groups excluding carboxylic acids is 1. The Balaban J connectivity index is 2.11. The van der Waals surface area contributed by atoms with Crippen LogP contribution in [-0.2, 0) is 10.0 Å². The summed E-state index contributed by atoms with van der Waals surface area (Å²) in [6.45, 7) is 3.98. The predicted octanol–water partition coefficient (Wildman–Crippen LogP) is 2.50. The molecular weight excluding hydrogens is 371 g/mol. The number of aryl methyl sites for hydroxylation is 1. The molecule has 0 fully saturated rings. The fraction of sp³-hybridized carbons (Fsp3) is 0.316. The number of nitrogens with one attached hydrogen (secondary N) is 1. The molecule has 27 heavy (non-hydrogen) atoms. The number of halogens is 1. The SMILES string of the molecule is CNS(=O)(=O)c1cc(C(=O)N(C)CCOc2ccc(F)cc2)cc(C)c1C. The number of hydrogen-bond donors (Lipinski definition) is 1. The van der Waals surface area contributed by atoms with E-state index in [0.29, 0.717) is 16.9 Å². The maximum Gasteiger partial charge on any atom is 0.253 e. The molecule has 0 saturated carbocycles. The highest BCUT2D eigenvalue weighted by atomic mass is 32.2. The average Bonchev–Trinajstić information content (AvgIpc) is 2.64. The zero-order chi connectivity index (χ0) is 20.2. The molecule has 146 valence electrons. The number of likely N-dealkylation sites (N-methyl/N-ethyl adjacent to an activating group) is 1. The van der Waals surface area contributed by atoms with Crippen molar-refractivity contribution in [2.75, 3.05) is 27.2 Å². The average molecular weight is 394 g/mol. The summed E-state index contributed by atoms with van der Waals surface area (Å²) in [6.07, 6.45) is 0. The highest BCUT2D eigenvalue weighted by Crippen LogP contribution is 2.22. The topological polar surface area (TPSA) is 75.7 Å². The van der Waals surface area contributed by atoms with E-state index < -0.39 is 10.0 Å². The van der Waals surface area contributed by atoms with Gasteiger partial charge in [0.1, 0.15) is 18.2 Å². The van der Waals surface area contributed by atoms with E-state index in [1.165, 1.54) is 42.3 Å². The van der Waals surface area contributed by atoms with E-state index in [4.69, 9.17) is 4.74 Å². The number of amides is 1. The lowest BCUT2D eigenvalue weighted by Gasteiger charge is -2.19. The first-order chi connectivity index (χ1) is 12.7. The Morgan fingerprint density at radius 2 is 1.81 bits per heavy atom. The molecule has 8 heteroatoms. The number of sulfonamides is 1. The summed E-state index contributed by atoms with van der Waals surface area (Å²) in [7, 11) is -0.726. The van der Waals surface area contributed by atoms with E-state index >= 15 is 0 Å². The molecule has 1 amide bonds. The van der Waals surface area contributed by atoms with E-state index in [1.54, 1.807) is 27.0 Å². The van der Waals surface area contributed by atoms with Gasteiger partial charge in [-0.1, -0.05) is 0 Å². The largest absolute Gasteiger partial charge is 0.492 e. The second-order valence-corrected chi connectivity index (χ2v) is 8.01. The van der Waals surface area contributed by atoms with Gasteiger partial charge in [0, 0.05) is 12.6 Å². The lowest BCUT2D eigenvalue weighted by molar-refractivity contribution is 0.0773. The van der Waals surface area contributed by atoms with E-state index in [0.717, 1.165) is 0 Å². The maximum absolute atomic E-state index is 12.9. The van der Waals surface area contributed by atoms with Crippen LogP contribution in [0.2, 0.25) is 0 Å². The van der Waals surface area contributed by atoms with Crippen molar-refractivity contribution in [3.8, 4) is 5.75 Å². The number of ether oxygens (including phenoxy) is 1. The normalized spacial score (nSPS) is 11.3. The highest BCUT2D eigenvalue weighted by Gasteiger charge is 2.21. The van der Waals surface area contributed by atoms with Crippen LogP contribution < -0.4 is 9.46 Å². The van der Waals surface area contributed by atoms with Crippen LogP contribution in [0.5, 0.6) is 5.75 Å². The molecule has 1 N–H and O–H groups in total. The molecule has 2 aromatic rings. The Morgan fingerprint density at radius 1 is 1.19 bits per heavy atom. The molecule has 2 rings (SSSR count). The van der Waals surface area contributed by atoms with Gasteiger partial charge in [0.2, 0.25) is 10.0 Å². The van der Waals surface area contributed by atoms with Gasteiger partial charge in [0.15, 0.2) is 0 Å². The highest BCUT2D eigenvalue weighted by molar-refractivity contribution is 7.89. The van der Waals surface area contributed by atoms with Gasteiger partial charge in [-0.3, -0.25) is 4.79 Å². The summed E-state index contributed by atoms with van der Waals surface area (Å²) in [5, 5.41) is 0. The number of hydrogen-bond acceptors (Lipinski definition) is 4. The minimum atomic E-state index is -3.67. The van der Waals surface area contributed by atoms with Gasteiger partial charge in [-0.2, -0.15) is 0 Å². The minimum absolute atomic E-state index is 0.0873. The second-order valence-electron chi connectivity index (χ2n) is 6.15. The van der Waals surface area contributed by atoms with Crippen molar-refractivity contribution in [2.45, 2.75) is 18.7 Å². The van der Waals surface area contributed by atoms with Crippen LogP contribution in [0.4, 0.5) is 4.39 Å². The molecule has 0 heterocycles. The lowest BCUT2D eigenvalue weighted by Crippen LogP contribution is -2.31. The third-order valence-corrected chi connectivity index (χ3v) is 5.82. The van der Waals surface area contributed by atoms with Crippen LogP contribution in [0.3, 0.4) is 0 Å². The van der Waals surface area contributed by atoms with E-state index in [2.05, 4.69) is 4.72 Å². The van der Waals surface area contributed by atoms with Crippen molar-refractivity contribution in [3.05, 3.63) is 58.9 Å². The molecule has 0 spiro atoms. The van der Waals surface area contributed by atoms with Crippen molar-refractivity contribution in [1.82, 2.24) is 9.62 Å². The van der Waals surface area contributed by atoms with Gasteiger partial charge in [-0.25, -0.2) is 17.5 Å². The molecule has 0 aromatic heterocycles. The van der Waals surface area contributed by atoms with Gasteiger partial charge in [0.25, 0.3) is 5.91 Å². The van der Waals surface area contributed by atoms with Gasteiger partial charge in [-0.15, -0.1) is 0 Å². The molecule has 0 saturated heterocycles. The fourth-order valence-electron chi connectivity index (χ4n) is 2.49. The molecule has 0 radical (unpaired) electrons. The number of rotatable bonds is 7. The van der Waals surface area contributed by atoms with Crippen LogP contribution in [0.25, 0.3) is 0 Å². The monoisotopic (exact) mass is 394 g/mol. The zero-order valence-electron chi connectivity index (χ0n) is 15.7. The Labute approximate surface area is 159 Å². The quantitative estimate of drug-likeness (QED) is 0.783. The Bertz CT molecular complexity index is 927. The first-order valence-electron chi connectivity index (χ1n) is 8.34. The van der Waals surface area contributed by atoms with Gasteiger partial charge < -0.3 is 9.64 Å². The number of carbonyl (C=O) groups is 1. The first kappa shape index (κ1) is 20.9. The van der Waals surface area contributed by atoms with E-state index in [1.807, 2.05) is 0 Å². The van der Waals surface area contributed by atoms with E-state index in [9.17, 15) is 17.6 Å². The molecule has 0 aliphatic heterocycles. The molecule has 2 aromatic carbocycles. The third kappa shape index (κ3) is 5.05. The smallest absolute Gasteiger partial charge is 0.253 e. The van der Waals surface area contributed by atoms with Crippen LogP contribution in [-0.4, -0.2) is 46.5 Å². The summed E-state index contributed by atoms with van der Waals surface area (Å²) in [4.78, 5) is 14.2. The molecule has 6 nitrogen and oxygen atoms in total. The van der Waals surface area contributed by atoms with Crippen molar-refractivity contribution in [3.63, 3.8) is 0 Å². The van der Waals surface area contributed by atoms with E-state index in [-0.39, 0.29) is 35.3 Å². The molecule has 0 aliphatic carbocycles. The summed E-state index contributed by atoms with van der Waals surface area (Å²) in [5.74, 6) is -0.157. The van der Waals surface area contributed by atoms with Crippen molar-refractivity contribution >= 4 is 15.9 Å². The van der Waals surface area contributed by atoms with Crippen LogP contribution in [0.15, 0.2) is 41.3 Å². The molecular formula is C19H23FN2O4S. The fourth-order valence-corrected chi connectivity index (χ4v) is 3.56. The summed E-state index contributed by atoms with van der Waals surface area (Å²) in [5.41, 5.74) is 1.60. The minimum Gasteiger partial charge on any atom is -0.492 e. The summed E-state index contributed by atoms with van der Waals surface area (Å²) >= 11 is 0. The summed E-state index contributed by atoms with van der Waals surface area (Å²) in [6, 6.07) is 8.66. The van der Waals surface area contributed by atoms with Crippen LogP contribution in [0.1, 0.15) is 21.5 Å². The van der Waals surface area contributed by atoms with Crippen LogP contribution in [0, 0.1) is 19.7 Å². The molecule has 0 bridgehead atoms. The summed E-state index contributed by atoms with van der Waals surface area (Å²) < 4.78 is 45.0. The molecule has 0 aliphatic rings. The van der Waals surface area contributed by atoms with Gasteiger partial charge >= 0.3 is 0 Å². The zero-order valence-corrected chi connectivity index (χ0v) is 16.6. The van der Waals surface area contributed by atoms with Crippen molar-refractivity contribution in [1.29, 1.82) is 0 Å². The standard InChI is InChI=1S/C19H23FN2O4S/c1-13-11-15(12-18(14(13)2)27(24,25)21-3)19(23)22(4)9-10-26-17-7-5-16(20)6-8-17/h5-8,11-12,21H,9-10H2,1-4H3.